The minimum atomic E-state index is 0.381. The van der Waals surface area contributed by atoms with Gasteiger partial charge in [0.2, 0.25) is 0 Å². The zero-order valence-electron chi connectivity index (χ0n) is 8.31. The fourth-order valence-corrected chi connectivity index (χ4v) is 2.11. The predicted molar refractivity (Wildman–Crippen MR) is 63.5 cm³/mol. The Morgan fingerprint density at radius 2 is 2.07 bits per heavy atom. The molecule has 0 fully saturated rings. The summed E-state index contributed by atoms with van der Waals surface area (Å²) >= 11 is 12.0. The van der Waals surface area contributed by atoms with Gasteiger partial charge in [-0.05, 0) is 18.6 Å². The topological polar surface area (TPSA) is 39.2 Å². The van der Waals surface area contributed by atoms with Gasteiger partial charge in [0.15, 0.2) is 5.58 Å². The van der Waals surface area contributed by atoms with Crippen LogP contribution < -0.4 is 5.73 Å². The summed E-state index contributed by atoms with van der Waals surface area (Å²) in [5.74, 6) is 0.789. The Morgan fingerprint density at radius 3 is 2.67 bits per heavy atom. The summed E-state index contributed by atoms with van der Waals surface area (Å²) in [5, 5.41) is 1.97. The van der Waals surface area contributed by atoms with Crippen molar-refractivity contribution in [3.8, 4) is 0 Å². The minimum absolute atomic E-state index is 0.381. The van der Waals surface area contributed by atoms with E-state index >= 15 is 0 Å². The van der Waals surface area contributed by atoms with Crippen LogP contribution in [0.15, 0.2) is 16.5 Å². The second-order valence-corrected chi connectivity index (χ2v) is 4.08. The Balaban J connectivity index is 2.82. The van der Waals surface area contributed by atoms with Gasteiger partial charge in [-0.15, -0.1) is 0 Å². The van der Waals surface area contributed by atoms with Crippen LogP contribution in [0.5, 0.6) is 0 Å². The van der Waals surface area contributed by atoms with E-state index in [9.17, 15) is 0 Å². The Bertz CT molecular complexity index is 505. The third-order valence-corrected chi connectivity index (χ3v) is 3.26. The second kappa shape index (κ2) is 4.05. The van der Waals surface area contributed by atoms with Crippen LogP contribution in [0.3, 0.4) is 0 Å². The predicted octanol–water partition coefficient (Wildman–Crippen LogP) is 3.76. The number of nitrogens with two attached hydrogens (primary N) is 1. The highest BCUT2D eigenvalue weighted by molar-refractivity contribution is 6.44. The lowest BCUT2D eigenvalue weighted by atomic mass is 10.1. The molecule has 2 N–H and O–H groups in total. The summed E-state index contributed by atoms with van der Waals surface area (Å²) < 4.78 is 5.61. The Labute approximate surface area is 97.9 Å². The maximum atomic E-state index is 6.06. The van der Waals surface area contributed by atoms with E-state index in [1.165, 1.54) is 0 Å². The fraction of sp³-hybridized carbons (Fsp3) is 0.273. The molecule has 0 aliphatic heterocycles. The largest absolute Gasteiger partial charge is 0.458 e. The third-order valence-electron chi connectivity index (χ3n) is 2.48. The molecule has 0 saturated carbocycles. The molecule has 0 amide bonds. The average molecular weight is 244 g/mol. The van der Waals surface area contributed by atoms with Gasteiger partial charge in [-0.1, -0.05) is 30.1 Å². The van der Waals surface area contributed by atoms with Crippen molar-refractivity contribution in [1.82, 2.24) is 0 Å². The summed E-state index contributed by atoms with van der Waals surface area (Å²) in [6.07, 6.45) is 0.873. The number of hydrogen-bond donors (Lipinski definition) is 1. The van der Waals surface area contributed by atoms with Crippen LogP contribution in [-0.2, 0) is 13.0 Å². The first-order chi connectivity index (χ1) is 7.19. The first-order valence-corrected chi connectivity index (χ1v) is 5.53. The molecule has 0 spiro atoms. The lowest BCUT2D eigenvalue weighted by molar-refractivity contribution is 0.546. The van der Waals surface area contributed by atoms with Crippen LogP contribution in [0, 0.1) is 0 Å². The van der Waals surface area contributed by atoms with Crippen LogP contribution in [0.25, 0.3) is 11.0 Å². The zero-order valence-corrected chi connectivity index (χ0v) is 9.82. The number of fused-ring (bicyclic) bond motifs is 1. The molecule has 4 heteroatoms. The monoisotopic (exact) mass is 243 g/mol. The standard InChI is InChI=1S/C11H11Cl2NO/c1-2-6-7-3-4-8(12)10(13)11(7)15-9(6)5-14/h3-4H,2,5,14H2,1H3. The van der Waals surface area contributed by atoms with E-state index in [1.54, 1.807) is 6.07 Å². The smallest absolute Gasteiger partial charge is 0.154 e. The molecule has 15 heavy (non-hydrogen) atoms. The average Bonchev–Trinajstić information content (AvgIpc) is 2.61. The molecule has 0 aliphatic rings. The third kappa shape index (κ3) is 1.63. The summed E-state index contributed by atoms with van der Waals surface area (Å²) in [6.45, 7) is 2.44. The van der Waals surface area contributed by atoms with Crippen LogP contribution >= 0.6 is 23.2 Å². The number of hydrogen-bond acceptors (Lipinski definition) is 2. The van der Waals surface area contributed by atoms with Crippen molar-refractivity contribution in [1.29, 1.82) is 0 Å². The number of halogens is 2. The van der Waals surface area contributed by atoms with Gasteiger partial charge in [-0.2, -0.15) is 0 Å². The van der Waals surface area contributed by atoms with Crippen molar-refractivity contribution in [2.45, 2.75) is 19.9 Å². The maximum Gasteiger partial charge on any atom is 0.154 e. The molecule has 0 atom stereocenters. The highest BCUT2D eigenvalue weighted by Gasteiger charge is 2.15. The van der Waals surface area contributed by atoms with Crippen molar-refractivity contribution in [3.63, 3.8) is 0 Å². The molecule has 0 saturated heterocycles. The molecule has 2 nitrogen and oxygen atoms in total. The summed E-state index contributed by atoms with van der Waals surface area (Å²) in [4.78, 5) is 0. The van der Waals surface area contributed by atoms with Crippen molar-refractivity contribution in [2.75, 3.05) is 0 Å². The van der Waals surface area contributed by atoms with Crippen LogP contribution in [-0.4, -0.2) is 0 Å². The highest BCUT2D eigenvalue weighted by Crippen LogP contribution is 2.35. The summed E-state index contributed by atoms with van der Waals surface area (Å²) in [7, 11) is 0. The quantitative estimate of drug-likeness (QED) is 0.873. The van der Waals surface area contributed by atoms with E-state index in [0.717, 1.165) is 23.1 Å². The van der Waals surface area contributed by atoms with E-state index < -0.39 is 0 Å². The first-order valence-electron chi connectivity index (χ1n) is 4.77. The molecule has 0 unspecified atom stereocenters. The van der Waals surface area contributed by atoms with Crippen molar-refractivity contribution >= 4 is 34.2 Å². The van der Waals surface area contributed by atoms with Crippen LogP contribution in [0.4, 0.5) is 0 Å². The van der Waals surface area contributed by atoms with Gasteiger partial charge >= 0.3 is 0 Å². The second-order valence-electron chi connectivity index (χ2n) is 3.30. The Hall–Kier alpha value is -0.700. The van der Waals surface area contributed by atoms with Gasteiger partial charge in [0.1, 0.15) is 10.8 Å². The zero-order chi connectivity index (χ0) is 11.0. The van der Waals surface area contributed by atoms with E-state index in [4.69, 9.17) is 33.4 Å². The number of rotatable bonds is 2. The number of benzene rings is 1. The summed E-state index contributed by atoms with van der Waals surface area (Å²) in [6, 6.07) is 3.70. The molecular weight excluding hydrogens is 233 g/mol. The Kier molecular flexibility index (Phi) is 2.91. The van der Waals surface area contributed by atoms with Crippen molar-refractivity contribution in [2.24, 2.45) is 5.73 Å². The molecule has 2 rings (SSSR count). The molecule has 0 aliphatic carbocycles. The van der Waals surface area contributed by atoms with E-state index in [1.807, 2.05) is 6.07 Å². The van der Waals surface area contributed by atoms with E-state index in [0.29, 0.717) is 22.2 Å². The lowest BCUT2D eigenvalue weighted by Gasteiger charge is -1.96. The van der Waals surface area contributed by atoms with Crippen molar-refractivity contribution < 1.29 is 4.42 Å². The minimum Gasteiger partial charge on any atom is -0.458 e. The number of furan rings is 1. The van der Waals surface area contributed by atoms with E-state index in [-0.39, 0.29) is 0 Å². The van der Waals surface area contributed by atoms with Crippen LogP contribution in [0.2, 0.25) is 10.0 Å². The summed E-state index contributed by atoms with van der Waals surface area (Å²) in [5.41, 5.74) is 7.37. The molecule has 1 aromatic carbocycles. The molecule has 1 heterocycles. The van der Waals surface area contributed by atoms with Crippen molar-refractivity contribution in [3.05, 3.63) is 33.5 Å². The first kappa shape index (κ1) is 10.8. The molecule has 80 valence electrons. The van der Waals surface area contributed by atoms with Gasteiger partial charge < -0.3 is 10.2 Å². The molecule has 0 radical (unpaired) electrons. The Morgan fingerprint density at radius 1 is 1.33 bits per heavy atom. The maximum absolute atomic E-state index is 6.06. The highest BCUT2D eigenvalue weighted by atomic mass is 35.5. The van der Waals surface area contributed by atoms with Gasteiger partial charge in [0.25, 0.3) is 0 Å². The lowest BCUT2D eigenvalue weighted by Crippen LogP contribution is -1.97. The molecule has 1 aromatic heterocycles. The normalized spacial score (nSPS) is 11.2. The molecule has 0 bridgehead atoms. The van der Waals surface area contributed by atoms with Gasteiger partial charge in [-0.3, -0.25) is 0 Å². The molecular formula is C11H11Cl2NO. The van der Waals surface area contributed by atoms with Crippen LogP contribution in [0.1, 0.15) is 18.2 Å². The number of aryl methyl sites for hydroxylation is 1. The van der Waals surface area contributed by atoms with Gasteiger partial charge in [-0.25, -0.2) is 0 Å². The van der Waals surface area contributed by atoms with E-state index in [2.05, 4.69) is 6.92 Å². The van der Waals surface area contributed by atoms with Gasteiger partial charge in [0, 0.05) is 10.9 Å². The SMILES string of the molecule is CCc1c(CN)oc2c(Cl)c(Cl)ccc12. The fourth-order valence-electron chi connectivity index (χ4n) is 1.76. The van der Waals surface area contributed by atoms with Gasteiger partial charge in [0.05, 0.1) is 11.6 Å². The molecule has 2 aromatic rings.